The molecule has 2 aromatic rings. The number of pyridine rings is 1. The van der Waals surface area contributed by atoms with E-state index in [1.165, 1.54) is 0 Å². The zero-order chi connectivity index (χ0) is 13.2. The number of H-pyrrole nitrogens is 1. The monoisotopic (exact) mass is 258 g/mol. The minimum atomic E-state index is -0.729. The lowest BCUT2D eigenvalue weighted by Crippen LogP contribution is -2.22. The first-order chi connectivity index (χ1) is 9.24. The van der Waals surface area contributed by atoms with Gasteiger partial charge in [-0.05, 0) is 18.6 Å². The standard InChI is InChI=1S/C13H14N4O2/c18-13(19)10-3-6-17(8-10)12-7-11(15-16-12)9-1-4-14-5-2-9/h1-2,4-5,7,10H,3,6,8H2,(H,15,16)(H,18,19)/t10-/m0/s1. The summed E-state index contributed by atoms with van der Waals surface area (Å²) in [4.78, 5) is 16.9. The first kappa shape index (κ1) is 11.7. The van der Waals surface area contributed by atoms with E-state index in [9.17, 15) is 4.79 Å². The molecule has 2 N–H and O–H groups in total. The molecular weight excluding hydrogens is 244 g/mol. The van der Waals surface area contributed by atoms with Gasteiger partial charge < -0.3 is 10.0 Å². The maximum absolute atomic E-state index is 10.9. The van der Waals surface area contributed by atoms with Crippen LogP contribution < -0.4 is 4.90 Å². The van der Waals surface area contributed by atoms with Crippen LogP contribution in [0.1, 0.15) is 6.42 Å². The highest BCUT2D eigenvalue weighted by molar-refractivity contribution is 5.72. The van der Waals surface area contributed by atoms with Gasteiger partial charge in [0, 0.05) is 37.1 Å². The second-order valence-electron chi connectivity index (χ2n) is 4.65. The highest BCUT2D eigenvalue weighted by Crippen LogP contribution is 2.26. The normalized spacial score (nSPS) is 18.7. The number of anilines is 1. The largest absolute Gasteiger partial charge is 0.481 e. The fraction of sp³-hybridized carbons (Fsp3) is 0.308. The molecule has 0 bridgehead atoms. The molecule has 0 amide bonds. The molecule has 98 valence electrons. The molecule has 1 saturated heterocycles. The third-order valence-electron chi connectivity index (χ3n) is 3.42. The lowest BCUT2D eigenvalue weighted by atomic mass is 10.1. The van der Waals surface area contributed by atoms with E-state index in [0.717, 1.165) is 23.6 Å². The highest BCUT2D eigenvalue weighted by Gasteiger charge is 2.29. The van der Waals surface area contributed by atoms with Crippen molar-refractivity contribution in [1.29, 1.82) is 0 Å². The number of hydrogen-bond donors (Lipinski definition) is 2. The number of aliphatic carboxylic acids is 1. The van der Waals surface area contributed by atoms with Crippen LogP contribution in [0.2, 0.25) is 0 Å². The molecule has 0 aromatic carbocycles. The number of aromatic nitrogens is 3. The van der Waals surface area contributed by atoms with Crippen molar-refractivity contribution < 1.29 is 9.90 Å². The van der Waals surface area contributed by atoms with Crippen molar-refractivity contribution in [1.82, 2.24) is 15.2 Å². The third-order valence-corrected chi connectivity index (χ3v) is 3.42. The first-order valence-electron chi connectivity index (χ1n) is 6.17. The number of rotatable bonds is 3. The topological polar surface area (TPSA) is 82.1 Å². The van der Waals surface area contributed by atoms with Gasteiger partial charge in [0.2, 0.25) is 0 Å². The minimum absolute atomic E-state index is 0.291. The van der Waals surface area contributed by atoms with Gasteiger partial charge in [0.25, 0.3) is 0 Å². The van der Waals surface area contributed by atoms with E-state index in [0.29, 0.717) is 13.0 Å². The summed E-state index contributed by atoms with van der Waals surface area (Å²) < 4.78 is 0. The van der Waals surface area contributed by atoms with Crippen molar-refractivity contribution >= 4 is 11.8 Å². The fourth-order valence-corrected chi connectivity index (χ4v) is 2.32. The Morgan fingerprint density at radius 3 is 2.89 bits per heavy atom. The third kappa shape index (κ3) is 2.29. The summed E-state index contributed by atoms with van der Waals surface area (Å²) in [5, 5.41) is 16.2. The Morgan fingerprint density at radius 2 is 2.21 bits per heavy atom. The number of aromatic amines is 1. The molecule has 0 radical (unpaired) electrons. The lowest BCUT2D eigenvalue weighted by Gasteiger charge is -2.13. The molecule has 1 fully saturated rings. The van der Waals surface area contributed by atoms with Crippen molar-refractivity contribution in [2.45, 2.75) is 6.42 Å². The second kappa shape index (κ2) is 4.72. The highest BCUT2D eigenvalue weighted by atomic mass is 16.4. The van der Waals surface area contributed by atoms with Crippen LogP contribution in [0.15, 0.2) is 30.6 Å². The van der Waals surface area contributed by atoms with Gasteiger partial charge in [-0.25, -0.2) is 0 Å². The van der Waals surface area contributed by atoms with Crippen LogP contribution in [0, 0.1) is 5.92 Å². The Morgan fingerprint density at radius 1 is 1.42 bits per heavy atom. The molecular formula is C13H14N4O2. The molecule has 0 aliphatic carbocycles. The minimum Gasteiger partial charge on any atom is -0.481 e. The zero-order valence-corrected chi connectivity index (χ0v) is 10.3. The molecule has 1 aliphatic rings. The zero-order valence-electron chi connectivity index (χ0n) is 10.3. The van der Waals surface area contributed by atoms with Crippen molar-refractivity contribution in [3.8, 4) is 11.3 Å². The maximum atomic E-state index is 10.9. The fourth-order valence-electron chi connectivity index (χ4n) is 2.32. The van der Waals surface area contributed by atoms with Crippen LogP contribution in [0.3, 0.4) is 0 Å². The number of carboxylic acid groups (broad SMARTS) is 1. The Hall–Kier alpha value is -2.37. The molecule has 1 atom stereocenters. The molecule has 6 nitrogen and oxygen atoms in total. The summed E-state index contributed by atoms with van der Waals surface area (Å²) in [7, 11) is 0. The average Bonchev–Trinajstić information content (AvgIpc) is 3.09. The summed E-state index contributed by atoms with van der Waals surface area (Å²) in [6, 6.07) is 5.75. The molecule has 3 rings (SSSR count). The predicted octanol–water partition coefficient (Wildman–Crippen LogP) is 1.38. The number of carbonyl (C=O) groups is 1. The van der Waals surface area contributed by atoms with Crippen LogP contribution in [0.5, 0.6) is 0 Å². The molecule has 3 heterocycles. The van der Waals surface area contributed by atoms with E-state index in [-0.39, 0.29) is 5.92 Å². The van der Waals surface area contributed by atoms with Gasteiger partial charge in [-0.15, -0.1) is 0 Å². The van der Waals surface area contributed by atoms with Crippen LogP contribution in [-0.2, 0) is 4.79 Å². The Labute approximate surface area is 110 Å². The van der Waals surface area contributed by atoms with E-state index in [2.05, 4.69) is 15.2 Å². The smallest absolute Gasteiger partial charge is 0.308 e. The molecule has 19 heavy (non-hydrogen) atoms. The summed E-state index contributed by atoms with van der Waals surface area (Å²) in [5.41, 5.74) is 1.93. The summed E-state index contributed by atoms with van der Waals surface area (Å²) in [6.45, 7) is 1.26. The Balaban J connectivity index is 1.78. The van der Waals surface area contributed by atoms with Crippen LogP contribution >= 0.6 is 0 Å². The lowest BCUT2D eigenvalue weighted by molar-refractivity contribution is -0.140. The molecule has 0 unspecified atom stereocenters. The predicted molar refractivity (Wildman–Crippen MR) is 69.8 cm³/mol. The van der Waals surface area contributed by atoms with E-state index in [1.54, 1.807) is 12.4 Å². The van der Waals surface area contributed by atoms with Gasteiger partial charge in [-0.1, -0.05) is 0 Å². The van der Waals surface area contributed by atoms with Gasteiger partial charge in [-0.2, -0.15) is 5.10 Å². The molecule has 6 heteroatoms. The van der Waals surface area contributed by atoms with Crippen molar-refractivity contribution in [2.24, 2.45) is 5.92 Å². The van der Waals surface area contributed by atoms with Gasteiger partial charge in [-0.3, -0.25) is 14.9 Å². The Bertz CT molecular complexity index is 581. The summed E-state index contributed by atoms with van der Waals surface area (Å²) in [5.74, 6) is -0.218. The Kier molecular flexibility index (Phi) is 2.91. The maximum Gasteiger partial charge on any atom is 0.308 e. The average molecular weight is 258 g/mol. The van der Waals surface area contributed by atoms with Gasteiger partial charge >= 0.3 is 5.97 Å². The molecule has 2 aromatic heterocycles. The molecule has 1 aliphatic heterocycles. The van der Waals surface area contributed by atoms with E-state index >= 15 is 0 Å². The van der Waals surface area contributed by atoms with Crippen molar-refractivity contribution in [3.63, 3.8) is 0 Å². The number of nitrogens with one attached hydrogen (secondary N) is 1. The summed E-state index contributed by atoms with van der Waals surface area (Å²) >= 11 is 0. The first-order valence-corrected chi connectivity index (χ1v) is 6.17. The van der Waals surface area contributed by atoms with Gasteiger partial charge in [0.15, 0.2) is 5.82 Å². The van der Waals surface area contributed by atoms with Crippen LogP contribution in [-0.4, -0.2) is 39.3 Å². The van der Waals surface area contributed by atoms with Crippen molar-refractivity contribution in [2.75, 3.05) is 18.0 Å². The van der Waals surface area contributed by atoms with E-state index in [4.69, 9.17) is 5.11 Å². The van der Waals surface area contributed by atoms with Crippen LogP contribution in [0.25, 0.3) is 11.3 Å². The van der Waals surface area contributed by atoms with Crippen LogP contribution in [0.4, 0.5) is 5.82 Å². The SMILES string of the molecule is O=C(O)[C@H]1CCN(c2cc(-c3ccncc3)[nH]n2)C1. The second-order valence-corrected chi connectivity index (χ2v) is 4.65. The number of nitrogens with zero attached hydrogens (tertiary/aromatic N) is 3. The van der Waals surface area contributed by atoms with E-state index < -0.39 is 5.97 Å². The van der Waals surface area contributed by atoms with Crippen molar-refractivity contribution in [3.05, 3.63) is 30.6 Å². The number of carboxylic acids is 1. The van der Waals surface area contributed by atoms with Gasteiger partial charge in [0.1, 0.15) is 0 Å². The summed E-state index contributed by atoms with van der Waals surface area (Å²) in [6.07, 6.45) is 4.13. The molecule has 0 spiro atoms. The van der Waals surface area contributed by atoms with Gasteiger partial charge in [0.05, 0.1) is 11.6 Å². The number of hydrogen-bond acceptors (Lipinski definition) is 4. The quantitative estimate of drug-likeness (QED) is 0.869. The molecule has 0 saturated carbocycles. The van der Waals surface area contributed by atoms with E-state index in [1.807, 2.05) is 23.1 Å².